The van der Waals surface area contributed by atoms with Gasteiger partial charge in [0.15, 0.2) is 0 Å². The van der Waals surface area contributed by atoms with Gasteiger partial charge in [-0.1, -0.05) is 27.7 Å². The second-order valence-electron chi connectivity index (χ2n) is 5.06. The third-order valence-corrected chi connectivity index (χ3v) is 3.64. The molecule has 0 aliphatic heterocycles. The molecule has 1 aliphatic carbocycles. The van der Waals surface area contributed by atoms with Crippen LogP contribution in [0, 0.1) is 23.7 Å². The van der Waals surface area contributed by atoms with Crippen LogP contribution < -0.4 is 0 Å². The summed E-state index contributed by atoms with van der Waals surface area (Å²) in [6.07, 6.45) is 3.06. The Balaban J connectivity index is 2.60. The summed E-state index contributed by atoms with van der Waals surface area (Å²) in [5.74, 6) is 2.82. The SMILES string of the molecule is CC1CCC(=O)C(C(C)C(C)C)C1. The summed E-state index contributed by atoms with van der Waals surface area (Å²) >= 11 is 0. The summed E-state index contributed by atoms with van der Waals surface area (Å²) in [7, 11) is 0. The number of ketones is 1. The zero-order valence-corrected chi connectivity index (χ0v) is 9.34. The van der Waals surface area contributed by atoms with E-state index in [-0.39, 0.29) is 0 Å². The highest BCUT2D eigenvalue weighted by Gasteiger charge is 2.31. The lowest BCUT2D eigenvalue weighted by Gasteiger charge is -2.32. The van der Waals surface area contributed by atoms with E-state index < -0.39 is 0 Å². The van der Waals surface area contributed by atoms with Crippen molar-refractivity contribution in [1.82, 2.24) is 0 Å². The molecule has 0 bridgehead atoms. The molecule has 0 amide bonds. The van der Waals surface area contributed by atoms with Gasteiger partial charge in [0.25, 0.3) is 0 Å². The minimum absolute atomic E-state index is 0.351. The molecule has 13 heavy (non-hydrogen) atoms. The number of hydrogen-bond donors (Lipinski definition) is 0. The molecule has 1 rings (SSSR count). The molecule has 1 fully saturated rings. The molecule has 1 heteroatoms. The fourth-order valence-corrected chi connectivity index (χ4v) is 2.23. The molecular formula is C12H22O. The Morgan fingerprint density at radius 1 is 1.31 bits per heavy atom. The maximum absolute atomic E-state index is 11.7. The molecular weight excluding hydrogens is 160 g/mol. The largest absolute Gasteiger partial charge is 0.299 e. The van der Waals surface area contributed by atoms with Crippen LogP contribution in [-0.4, -0.2) is 5.78 Å². The van der Waals surface area contributed by atoms with Gasteiger partial charge in [-0.2, -0.15) is 0 Å². The van der Waals surface area contributed by atoms with Crippen LogP contribution in [0.4, 0.5) is 0 Å². The van der Waals surface area contributed by atoms with E-state index in [0.717, 1.165) is 25.2 Å². The normalized spacial score (nSPS) is 32.2. The molecule has 0 heterocycles. The molecule has 1 aliphatic rings. The average Bonchev–Trinajstić information content (AvgIpc) is 2.08. The van der Waals surface area contributed by atoms with Crippen molar-refractivity contribution >= 4 is 5.78 Å². The van der Waals surface area contributed by atoms with Crippen molar-refractivity contribution in [3.05, 3.63) is 0 Å². The second kappa shape index (κ2) is 4.26. The van der Waals surface area contributed by atoms with E-state index in [4.69, 9.17) is 0 Å². The van der Waals surface area contributed by atoms with Gasteiger partial charge in [-0.3, -0.25) is 4.79 Å². The molecule has 0 radical (unpaired) electrons. The first-order chi connectivity index (χ1) is 6.02. The molecule has 3 atom stereocenters. The van der Waals surface area contributed by atoms with E-state index in [1.165, 1.54) is 0 Å². The number of Topliss-reactive ketones (excluding diaryl/α,β-unsaturated/α-hetero) is 1. The molecule has 1 nitrogen and oxygen atoms in total. The second-order valence-corrected chi connectivity index (χ2v) is 5.06. The molecule has 0 spiro atoms. The first-order valence-corrected chi connectivity index (χ1v) is 5.55. The maximum atomic E-state index is 11.7. The number of carbonyl (C=O) groups is 1. The smallest absolute Gasteiger partial charge is 0.136 e. The van der Waals surface area contributed by atoms with Crippen molar-refractivity contribution in [2.24, 2.45) is 23.7 Å². The highest BCUT2D eigenvalue weighted by molar-refractivity contribution is 5.82. The molecule has 76 valence electrons. The van der Waals surface area contributed by atoms with Crippen LogP contribution in [-0.2, 0) is 4.79 Å². The first-order valence-electron chi connectivity index (χ1n) is 5.55. The minimum atomic E-state index is 0.351. The number of carbonyl (C=O) groups excluding carboxylic acids is 1. The molecule has 0 aromatic rings. The zero-order valence-electron chi connectivity index (χ0n) is 9.34. The Labute approximate surface area is 81.9 Å². The Morgan fingerprint density at radius 2 is 1.92 bits per heavy atom. The lowest BCUT2D eigenvalue weighted by atomic mass is 9.72. The third kappa shape index (κ3) is 2.55. The van der Waals surface area contributed by atoms with Crippen molar-refractivity contribution in [2.45, 2.75) is 47.0 Å². The standard InChI is InChI=1S/C12H22O/c1-8(2)10(4)11-7-9(3)5-6-12(11)13/h8-11H,5-7H2,1-4H3. The number of hydrogen-bond acceptors (Lipinski definition) is 1. The summed E-state index contributed by atoms with van der Waals surface area (Å²) in [4.78, 5) is 11.7. The van der Waals surface area contributed by atoms with Crippen molar-refractivity contribution in [1.29, 1.82) is 0 Å². The molecule has 1 saturated carbocycles. The van der Waals surface area contributed by atoms with Crippen molar-refractivity contribution < 1.29 is 4.79 Å². The molecule has 0 aromatic carbocycles. The van der Waals surface area contributed by atoms with Gasteiger partial charge in [0, 0.05) is 12.3 Å². The summed E-state index contributed by atoms with van der Waals surface area (Å²) < 4.78 is 0. The summed E-state index contributed by atoms with van der Waals surface area (Å²) in [5.41, 5.74) is 0. The van der Waals surface area contributed by atoms with Crippen molar-refractivity contribution in [3.8, 4) is 0 Å². The Morgan fingerprint density at radius 3 is 2.46 bits per heavy atom. The van der Waals surface area contributed by atoms with Crippen LogP contribution in [0.25, 0.3) is 0 Å². The third-order valence-electron chi connectivity index (χ3n) is 3.64. The van der Waals surface area contributed by atoms with Crippen LogP contribution in [0.15, 0.2) is 0 Å². The van der Waals surface area contributed by atoms with Gasteiger partial charge in [0.1, 0.15) is 5.78 Å². The first kappa shape index (κ1) is 10.7. The van der Waals surface area contributed by atoms with Gasteiger partial charge in [-0.15, -0.1) is 0 Å². The summed E-state index contributed by atoms with van der Waals surface area (Å²) in [6.45, 7) is 8.94. The van der Waals surface area contributed by atoms with Crippen molar-refractivity contribution in [3.63, 3.8) is 0 Å². The van der Waals surface area contributed by atoms with Crippen LogP contribution >= 0.6 is 0 Å². The van der Waals surface area contributed by atoms with Gasteiger partial charge in [-0.05, 0) is 30.6 Å². The Hall–Kier alpha value is -0.330. The van der Waals surface area contributed by atoms with Gasteiger partial charge < -0.3 is 0 Å². The van der Waals surface area contributed by atoms with Crippen LogP contribution in [0.3, 0.4) is 0 Å². The lowest BCUT2D eigenvalue weighted by Crippen LogP contribution is -2.31. The quantitative estimate of drug-likeness (QED) is 0.640. The summed E-state index contributed by atoms with van der Waals surface area (Å²) in [5, 5.41) is 0. The van der Waals surface area contributed by atoms with Crippen LogP contribution in [0.1, 0.15) is 47.0 Å². The highest BCUT2D eigenvalue weighted by Crippen LogP contribution is 2.33. The fourth-order valence-electron chi connectivity index (χ4n) is 2.23. The van der Waals surface area contributed by atoms with E-state index >= 15 is 0 Å². The van der Waals surface area contributed by atoms with E-state index in [2.05, 4.69) is 27.7 Å². The van der Waals surface area contributed by atoms with Crippen molar-refractivity contribution in [2.75, 3.05) is 0 Å². The minimum Gasteiger partial charge on any atom is -0.299 e. The number of rotatable bonds is 2. The molecule has 0 N–H and O–H groups in total. The average molecular weight is 182 g/mol. The molecule has 0 aromatic heterocycles. The van der Waals surface area contributed by atoms with Crippen LogP contribution in [0.5, 0.6) is 0 Å². The topological polar surface area (TPSA) is 17.1 Å². The highest BCUT2D eigenvalue weighted by atomic mass is 16.1. The maximum Gasteiger partial charge on any atom is 0.136 e. The van der Waals surface area contributed by atoms with E-state index in [1.54, 1.807) is 0 Å². The van der Waals surface area contributed by atoms with E-state index in [9.17, 15) is 4.79 Å². The molecule has 3 unspecified atom stereocenters. The van der Waals surface area contributed by atoms with Gasteiger partial charge in [-0.25, -0.2) is 0 Å². The van der Waals surface area contributed by atoms with E-state index in [0.29, 0.717) is 23.5 Å². The summed E-state index contributed by atoms with van der Waals surface area (Å²) in [6, 6.07) is 0. The molecule has 0 saturated heterocycles. The van der Waals surface area contributed by atoms with Gasteiger partial charge in [0.05, 0.1) is 0 Å². The van der Waals surface area contributed by atoms with Gasteiger partial charge in [0.2, 0.25) is 0 Å². The predicted octanol–water partition coefficient (Wildman–Crippen LogP) is 3.28. The lowest BCUT2D eigenvalue weighted by molar-refractivity contribution is -0.127. The Bertz CT molecular complexity index is 184. The van der Waals surface area contributed by atoms with Gasteiger partial charge >= 0.3 is 0 Å². The fraction of sp³-hybridized carbons (Fsp3) is 0.917. The Kier molecular flexibility index (Phi) is 3.52. The van der Waals surface area contributed by atoms with E-state index in [1.807, 2.05) is 0 Å². The predicted molar refractivity (Wildman–Crippen MR) is 55.5 cm³/mol. The zero-order chi connectivity index (χ0) is 10.0. The monoisotopic (exact) mass is 182 g/mol. The van der Waals surface area contributed by atoms with Crippen LogP contribution in [0.2, 0.25) is 0 Å².